The van der Waals surface area contributed by atoms with E-state index >= 15 is 0 Å². The Morgan fingerprint density at radius 2 is 1.68 bits per heavy atom. The molecule has 0 aliphatic carbocycles. The molecule has 5 atom stereocenters. The SMILES string of the molecule is COCCc1ncnc2c1ncn2[C@H]1CC[C@@H](COP(=O)(O)O)O1.CPOC[C@@H]1CC[C@H](n2cnc3c(=O)[nH]c(N)nc32)O1. The van der Waals surface area contributed by atoms with Gasteiger partial charge in [-0.2, -0.15) is 4.98 Å². The van der Waals surface area contributed by atoms with Crippen LogP contribution in [0.1, 0.15) is 43.8 Å². The molecule has 0 spiro atoms. The Labute approximate surface area is 252 Å². The van der Waals surface area contributed by atoms with Crippen molar-refractivity contribution in [1.82, 2.24) is 39.0 Å². The Balaban J connectivity index is 0.000000177. The number of nitrogens with one attached hydrogen (secondary N) is 1. The summed E-state index contributed by atoms with van der Waals surface area (Å²) in [5, 5.41) is 0. The first-order valence-corrected chi connectivity index (χ1v) is 16.8. The Morgan fingerprint density at radius 3 is 2.34 bits per heavy atom. The largest absolute Gasteiger partial charge is 0.469 e. The number of ether oxygens (including phenoxy) is 3. The number of hydrogen-bond acceptors (Lipinski definition) is 13. The fraction of sp³-hybridized carbons (Fsp3) is 0.583. The van der Waals surface area contributed by atoms with Gasteiger partial charge in [-0.25, -0.2) is 24.5 Å². The summed E-state index contributed by atoms with van der Waals surface area (Å²) in [5.74, 6) is 0.0781. The van der Waals surface area contributed by atoms with Gasteiger partial charge in [-0.15, -0.1) is 0 Å². The maximum absolute atomic E-state index is 11.7. The summed E-state index contributed by atoms with van der Waals surface area (Å²) in [7, 11) is -2.40. The van der Waals surface area contributed by atoms with Crippen molar-refractivity contribution in [3.8, 4) is 0 Å². The molecule has 0 radical (unpaired) electrons. The van der Waals surface area contributed by atoms with Crippen LogP contribution in [0, 0.1) is 0 Å². The van der Waals surface area contributed by atoms with Crippen LogP contribution >= 0.6 is 16.6 Å². The zero-order chi connectivity index (χ0) is 31.3. The highest BCUT2D eigenvalue weighted by atomic mass is 31.2. The van der Waals surface area contributed by atoms with Crippen molar-refractivity contribution in [2.75, 3.05) is 39.3 Å². The number of aromatic nitrogens is 8. The van der Waals surface area contributed by atoms with E-state index in [1.54, 1.807) is 24.3 Å². The van der Waals surface area contributed by atoms with Crippen LogP contribution in [0.15, 0.2) is 23.8 Å². The molecule has 5 N–H and O–H groups in total. The predicted molar refractivity (Wildman–Crippen MR) is 158 cm³/mol. The second-order valence-corrected chi connectivity index (χ2v) is 12.0. The predicted octanol–water partition coefficient (Wildman–Crippen LogP) is 1.42. The van der Waals surface area contributed by atoms with Gasteiger partial charge in [0.2, 0.25) is 5.95 Å². The van der Waals surface area contributed by atoms with E-state index < -0.39 is 7.82 Å². The number of phosphoric acid groups is 1. The normalized spacial score (nSPS) is 22.4. The molecule has 1 unspecified atom stereocenters. The van der Waals surface area contributed by atoms with Crippen molar-refractivity contribution >= 4 is 44.9 Å². The molecule has 2 saturated heterocycles. The molecule has 4 aromatic rings. The number of phosphoric ester groups is 1. The lowest BCUT2D eigenvalue weighted by Gasteiger charge is -2.15. The van der Waals surface area contributed by atoms with Gasteiger partial charge in [-0.3, -0.25) is 23.4 Å². The number of methoxy groups -OCH3 is 1. The van der Waals surface area contributed by atoms with Crippen molar-refractivity contribution in [2.45, 2.75) is 56.8 Å². The molecular formula is C24H35N9O9P2. The number of aromatic amines is 1. The molecule has 44 heavy (non-hydrogen) atoms. The average Bonchev–Trinajstić information content (AvgIpc) is 3.79. The quantitative estimate of drug-likeness (QED) is 0.167. The zero-order valence-electron chi connectivity index (χ0n) is 24.1. The topological polar surface area (TPSA) is 237 Å². The van der Waals surface area contributed by atoms with Crippen molar-refractivity contribution in [3.05, 3.63) is 35.0 Å². The molecule has 18 nitrogen and oxygen atoms in total. The van der Waals surface area contributed by atoms with E-state index in [1.807, 2.05) is 11.2 Å². The summed E-state index contributed by atoms with van der Waals surface area (Å²) in [6.07, 6.45) is 7.60. The highest BCUT2D eigenvalue weighted by molar-refractivity contribution is 7.46. The summed E-state index contributed by atoms with van der Waals surface area (Å²) in [4.78, 5) is 52.8. The highest BCUT2D eigenvalue weighted by Gasteiger charge is 2.31. The van der Waals surface area contributed by atoms with Gasteiger partial charge in [0.15, 0.2) is 16.8 Å². The first kappa shape index (κ1) is 32.5. The molecule has 6 heterocycles. The fourth-order valence-corrected chi connectivity index (χ4v) is 5.74. The van der Waals surface area contributed by atoms with Gasteiger partial charge < -0.3 is 34.3 Å². The monoisotopic (exact) mass is 655 g/mol. The van der Waals surface area contributed by atoms with E-state index in [0.29, 0.717) is 58.1 Å². The number of rotatable bonds is 11. The van der Waals surface area contributed by atoms with Gasteiger partial charge in [0.25, 0.3) is 5.56 Å². The minimum absolute atomic E-state index is 0.0734. The van der Waals surface area contributed by atoms with Crippen LogP contribution < -0.4 is 11.3 Å². The molecule has 0 saturated carbocycles. The third-order valence-corrected chi connectivity index (χ3v) is 8.00. The fourth-order valence-electron chi connectivity index (χ4n) is 5.03. The molecular weight excluding hydrogens is 620 g/mol. The Kier molecular flexibility index (Phi) is 10.7. The summed E-state index contributed by atoms with van der Waals surface area (Å²) in [6, 6.07) is 0. The number of fused-ring (bicyclic) bond motifs is 2. The smallest absolute Gasteiger partial charge is 0.384 e. The van der Waals surface area contributed by atoms with Crippen molar-refractivity contribution in [2.24, 2.45) is 0 Å². The zero-order valence-corrected chi connectivity index (χ0v) is 26.0. The molecule has 240 valence electrons. The Hall–Kier alpha value is -2.92. The van der Waals surface area contributed by atoms with E-state index in [2.05, 4.69) is 34.4 Å². The molecule has 2 aliphatic rings. The lowest BCUT2D eigenvalue weighted by molar-refractivity contribution is -0.0205. The van der Waals surface area contributed by atoms with E-state index in [1.165, 1.54) is 6.33 Å². The van der Waals surface area contributed by atoms with Gasteiger partial charge in [-0.05, 0) is 32.3 Å². The van der Waals surface area contributed by atoms with E-state index in [9.17, 15) is 9.36 Å². The number of hydrogen-bond donors (Lipinski definition) is 4. The van der Waals surface area contributed by atoms with Gasteiger partial charge in [-0.1, -0.05) is 0 Å². The lowest BCUT2D eigenvalue weighted by Crippen LogP contribution is -2.16. The number of imidazole rings is 2. The van der Waals surface area contributed by atoms with E-state index in [-0.39, 0.29) is 48.3 Å². The van der Waals surface area contributed by atoms with Crippen LogP contribution in [-0.4, -0.2) is 94.6 Å². The first-order valence-electron chi connectivity index (χ1n) is 13.8. The van der Waals surface area contributed by atoms with Crippen molar-refractivity contribution < 1.29 is 37.6 Å². The van der Waals surface area contributed by atoms with Gasteiger partial charge in [0.1, 0.15) is 24.3 Å². The molecule has 2 aliphatic heterocycles. The minimum atomic E-state index is -4.49. The molecule has 0 aromatic carbocycles. The maximum Gasteiger partial charge on any atom is 0.469 e. The molecule has 2 fully saturated rings. The van der Waals surface area contributed by atoms with Crippen LogP contribution in [0.5, 0.6) is 0 Å². The third kappa shape index (κ3) is 7.83. The number of nitrogens with zero attached hydrogens (tertiary/aromatic N) is 7. The number of anilines is 1. The number of nitrogen functional groups attached to an aromatic ring is 1. The molecule has 6 rings (SSSR count). The van der Waals surface area contributed by atoms with Crippen LogP contribution in [0.4, 0.5) is 5.95 Å². The first-order chi connectivity index (χ1) is 21.2. The van der Waals surface area contributed by atoms with E-state index in [0.717, 1.165) is 18.5 Å². The van der Waals surface area contributed by atoms with E-state index in [4.69, 9.17) is 34.3 Å². The van der Waals surface area contributed by atoms with Crippen LogP contribution in [0.25, 0.3) is 22.3 Å². The minimum Gasteiger partial charge on any atom is -0.384 e. The standard InChI is InChI=1S/C13H19N4O6P.C11H16N5O3P/c1-21-5-4-10-12-13(15-7-14-10)17(8-16-12)11-3-2-9(23-11)6-22-24(18,19)20;1-20-18-4-6-2-3-7(19-6)16-5-13-8-9(16)14-11(12)15-10(8)17/h7-9,11H,2-6H2,1H3,(H2,18,19,20);5-7,20H,2-4H2,1H3,(H3,12,14,15,17)/t9-,11+;6-,7+/m00/s1. The maximum atomic E-state index is 11.7. The lowest BCUT2D eigenvalue weighted by atomic mass is 10.2. The van der Waals surface area contributed by atoms with Gasteiger partial charge in [0, 0.05) is 22.3 Å². The average molecular weight is 656 g/mol. The second kappa shape index (κ2) is 14.5. The summed E-state index contributed by atoms with van der Waals surface area (Å²) in [6.45, 7) is 2.96. The van der Waals surface area contributed by atoms with Gasteiger partial charge >= 0.3 is 7.82 Å². The van der Waals surface area contributed by atoms with Crippen LogP contribution in [-0.2, 0) is 34.2 Å². The van der Waals surface area contributed by atoms with Gasteiger partial charge in [0.05, 0.1) is 50.4 Å². The Morgan fingerprint density at radius 1 is 1.02 bits per heavy atom. The number of H-pyrrole nitrogens is 1. The third-order valence-electron chi connectivity index (χ3n) is 7.06. The van der Waals surface area contributed by atoms with Crippen molar-refractivity contribution in [3.63, 3.8) is 0 Å². The van der Waals surface area contributed by atoms with Crippen LogP contribution in [0.3, 0.4) is 0 Å². The summed E-state index contributed by atoms with van der Waals surface area (Å²) < 4.78 is 41.0. The molecule has 0 bridgehead atoms. The summed E-state index contributed by atoms with van der Waals surface area (Å²) in [5.41, 5.74) is 8.14. The highest BCUT2D eigenvalue weighted by Crippen LogP contribution is 2.38. The molecule has 20 heteroatoms. The summed E-state index contributed by atoms with van der Waals surface area (Å²) >= 11 is 0. The molecule has 0 amide bonds. The molecule has 4 aromatic heterocycles. The van der Waals surface area contributed by atoms with Crippen molar-refractivity contribution in [1.29, 1.82) is 0 Å². The van der Waals surface area contributed by atoms with Crippen LogP contribution in [0.2, 0.25) is 0 Å². The number of nitrogens with two attached hydrogens (primary N) is 1. The second-order valence-electron chi connectivity index (χ2n) is 10.0. The Bertz CT molecular complexity index is 1660.